The Kier molecular flexibility index (Phi) is 6.40. The fourth-order valence-corrected chi connectivity index (χ4v) is 7.49. The zero-order valence-corrected chi connectivity index (χ0v) is 18.7. The molecule has 0 heterocycles. The van der Waals surface area contributed by atoms with Crippen molar-refractivity contribution >= 4 is 35.1 Å². The highest BCUT2D eigenvalue weighted by Crippen LogP contribution is 2.34. The highest BCUT2D eigenvalue weighted by Gasteiger charge is 2.34. The van der Waals surface area contributed by atoms with Gasteiger partial charge in [-0.3, -0.25) is 0 Å². The zero-order valence-electron chi connectivity index (χ0n) is 16.0. The molecule has 0 spiro atoms. The first kappa shape index (κ1) is 19.7. The van der Waals surface area contributed by atoms with E-state index in [2.05, 4.69) is 90.4 Å². The molecule has 0 aromatic heterocycles. The first-order valence-electron chi connectivity index (χ1n) is 9.07. The van der Waals surface area contributed by atoms with Gasteiger partial charge in [-0.2, -0.15) is 0 Å². The van der Waals surface area contributed by atoms with Gasteiger partial charge in [0.25, 0.3) is 0 Å². The molecule has 3 aromatic carbocycles. The molecule has 0 bridgehead atoms. The van der Waals surface area contributed by atoms with Crippen LogP contribution in [0.2, 0.25) is 5.04 Å². The molecule has 0 aliphatic rings. The summed E-state index contributed by atoms with van der Waals surface area (Å²) in [6, 6.07) is 27.6. The summed E-state index contributed by atoms with van der Waals surface area (Å²) >= 11 is 3.48. The normalized spacial score (nSPS) is 11.4. The van der Waals surface area contributed by atoms with Crippen molar-refractivity contribution in [2.24, 2.45) is 0 Å². The van der Waals surface area contributed by atoms with Crippen LogP contribution in [-0.2, 0) is 0 Å². The molecule has 3 aromatic rings. The monoisotopic (exact) mass is 440 g/mol. The lowest BCUT2D eigenvalue weighted by Crippen LogP contribution is -2.51. The topological polar surface area (TPSA) is 18.5 Å². The van der Waals surface area contributed by atoms with Crippen LogP contribution in [0.15, 0.2) is 83.3 Å². The predicted molar refractivity (Wildman–Crippen MR) is 120 cm³/mol. The van der Waals surface area contributed by atoms with Crippen molar-refractivity contribution in [1.29, 1.82) is 0 Å². The van der Waals surface area contributed by atoms with Gasteiger partial charge < -0.3 is 9.47 Å². The summed E-state index contributed by atoms with van der Waals surface area (Å²) in [4.78, 5) is 0. The molecular weight excluding hydrogens is 416 g/mol. The van der Waals surface area contributed by atoms with Crippen molar-refractivity contribution in [2.75, 3.05) is 13.7 Å². The van der Waals surface area contributed by atoms with E-state index < -0.39 is 8.80 Å². The Bertz CT molecular complexity index is 827. The summed E-state index contributed by atoms with van der Waals surface area (Å²) < 4.78 is 12.7. The van der Waals surface area contributed by atoms with Gasteiger partial charge in [0.15, 0.2) is 11.5 Å². The van der Waals surface area contributed by atoms with E-state index in [-0.39, 0.29) is 5.04 Å². The van der Waals surface area contributed by atoms with Gasteiger partial charge in [0.05, 0.1) is 13.7 Å². The lowest BCUT2D eigenvalue weighted by molar-refractivity contribution is 0.262. The average molecular weight is 441 g/mol. The number of hydrogen-bond acceptors (Lipinski definition) is 2. The zero-order chi connectivity index (χ0) is 19.3. The Hall–Kier alpha value is -2.04. The van der Waals surface area contributed by atoms with Crippen LogP contribution in [0.25, 0.3) is 0 Å². The van der Waals surface area contributed by atoms with E-state index in [1.165, 1.54) is 10.4 Å². The second-order valence-corrected chi connectivity index (χ2v) is 12.0. The van der Waals surface area contributed by atoms with Crippen molar-refractivity contribution in [3.05, 3.63) is 83.3 Å². The number of ether oxygens (including phenoxy) is 2. The Balaban J connectivity index is 1.90. The average Bonchev–Trinajstić information content (AvgIpc) is 2.68. The predicted octanol–water partition coefficient (Wildman–Crippen LogP) is 4.66. The quantitative estimate of drug-likeness (QED) is 0.497. The van der Waals surface area contributed by atoms with Crippen molar-refractivity contribution in [1.82, 2.24) is 0 Å². The fourth-order valence-electron chi connectivity index (χ4n) is 3.49. The van der Waals surface area contributed by atoms with Crippen molar-refractivity contribution < 1.29 is 9.47 Å². The molecule has 0 aliphatic carbocycles. The molecule has 0 fully saturated rings. The summed E-state index contributed by atoms with van der Waals surface area (Å²) in [7, 11) is 0.162. The maximum atomic E-state index is 6.26. The molecule has 0 saturated carbocycles. The second kappa shape index (κ2) is 8.76. The smallest absolute Gasteiger partial charge is 0.161 e. The van der Waals surface area contributed by atoms with E-state index in [4.69, 9.17) is 9.47 Å². The van der Waals surface area contributed by atoms with Gasteiger partial charge in [0.1, 0.15) is 8.80 Å². The molecule has 0 unspecified atom stereocenters. The van der Waals surface area contributed by atoms with E-state index in [1.54, 1.807) is 7.11 Å². The number of methoxy groups -OCH3 is 1. The lowest BCUT2D eigenvalue weighted by atomic mass is 10.2. The summed E-state index contributed by atoms with van der Waals surface area (Å²) in [5.41, 5.74) is 0. The lowest BCUT2D eigenvalue weighted by Gasteiger charge is -2.34. The molecule has 0 atom stereocenters. The second-order valence-electron chi connectivity index (χ2n) is 7.33. The van der Waals surface area contributed by atoms with Gasteiger partial charge in [0, 0.05) is 4.47 Å². The number of rotatable bonds is 7. The van der Waals surface area contributed by atoms with Gasteiger partial charge in [-0.25, -0.2) is 0 Å². The molecule has 0 N–H and O–H groups in total. The number of hydrogen-bond donors (Lipinski definition) is 0. The van der Waals surface area contributed by atoms with E-state index in [1.807, 2.05) is 18.2 Å². The first-order chi connectivity index (χ1) is 13.0. The summed E-state index contributed by atoms with van der Waals surface area (Å²) in [5, 5.41) is 2.88. The SMILES string of the molecule is COc1cc(Br)ccc1OCC(C)(C)[SiH](c1ccccc1)c1ccccc1. The van der Waals surface area contributed by atoms with Crippen molar-refractivity contribution in [3.63, 3.8) is 0 Å². The van der Waals surface area contributed by atoms with Crippen molar-refractivity contribution in [3.8, 4) is 11.5 Å². The maximum absolute atomic E-state index is 6.26. The molecule has 3 rings (SSSR count). The molecule has 27 heavy (non-hydrogen) atoms. The van der Waals surface area contributed by atoms with Crippen LogP contribution < -0.4 is 19.8 Å². The van der Waals surface area contributed by atoms with E-state index in [0.29, 0.717) is 6.61 Å². The summed E-state index contributed by atoms with van der Waals surface area (Å²) in [5.74, 6) is 1.53. The van der Waals surface area contributed by atoms with Gasteiger partial charge in [-0.05, 0) is 23.2 Å². The van der Waals surface area contributed by atoms with Gasteiger partial charge in [0.2, 0.25) is 0 Å². The van der Waals surface area contributed by atoms with Crippen LogP contribution in [0.4, 0.5) is 0 Å². The van der Waals surface area contributed by atoms with Crippen LogP contribution >= 0.6 is 15.9 Å². The van der Waals surface area contributed by atoms with Gasteiger partial charge >= 0.3 is 0 Å². The Labute approximate surface area is 171 Å². The van der Waals surface area contributed by atoms with Crippen LogP contribution in [0.5, 0.6) is 11.5 Å². The third-order valence-corrected chi connectivity index (χ3v) is 9.10. The fraction of sp³-hybridized carbons (Fsp3) is 0.217. The standard InChI is InChI=1S/C23H25BrO2Si/c1-23(2,17-26-21-15-14-18(24)16-22(21)25-3)27(19-10-6-4-7-11-19)20-12-8-5-9-13-20/h4-16,27H,17H2,1-3H3. The molecule has 0 amide bonds. The number of halogens is 1. The third-order valence-electron chi connectivity index (χ3n) is 4.77. The van der Waals surface area contributed by atoms with E-state index in [0.717, 1.165) is 16.0 Å². The number of benzene rings is 3. The largest absolute Gasteiger partial charge is 0.493 e. The molecule has 0 radical (unpaired) electrons. The Morgan fingerprint density at radius 1 is 0.815 bits per heavy atom. The first-order valence-corrected chi connectivity index (χ1v) is 11.6. The molecule has 0 saturated heterocycles. The third kappa shape index (κ3) is 4.82. The maximum Gasteiger partial charge on any atom is 0.161 e. The molecular formula is C23H25BrO2Si. The van der Waals surface area contributed by atoms with Crippen LogP contribution in [0.1, 0.15) is 13.8 Å². The molecule has 2 nitrogen and oxygen atoms in total. The van der Waals surface area contributed by atoms with Crippen LogP contribution in [-0.4, -0.2) is 22.5 Å². The summed E-state index contributed by atoms with van der Waals surface area (Å²) in [6.45, 7) is 5.26. The minimum atomic E-state index is -1.51. The van der Waals surface area contributed by atoms with Gasteiger partial charge in [-0.1, -0.05) is 101 Å². The highest BCUT2D eigenvalue weighted by atomic mass is 79.9. The van der Waals surface area contributed by atoms with Gasteiger partial charge in [-0.15, -0.1) is 0 Å². The molecule has 140 valence electrons. The molecule has 0 aliphatic heterocycles. The highest BCUT2D eigenvalue weighted by molar-refractivity contribution is 9.10. The van der Waals surface area contributed by atoms with Crippen molar-refractivity contribution in [2.45, 2.75) is 18.9 Å². The van der Waals surface area contributed by atoms with E-state index >= 15 is 0 Å². The van der Waals surface area contributed by atoms with Crippen LogP contribution in [0, 0.1) is 0 Å². The summed E-state index contributed by atoms with van der Waals surface area (Å²) in [6.07, 6.45) is 0. The minimum absolute atomic E-state index is 0.0147. The molecule has 4 heteroatoms. The minimum Gasteiger partial charge on any atom is -0.493 e. The Morgan fingerprint density at radius 3 is 1.89 bits per heavy atom. The van der Waals surface area contributed by atoms with E-state index in [9.17, 15) is 0 Å². The Morgan fingerprint density at radius 2 is 1.37 bits per heavy atom. The van der Waals surface area contributed by atoms with Crippen LogP contribution in [0.3, 0.4) is 0 Å².